The molecule has 3 rings (SSSR count). The molecule has 1 aromatic carbocycles. The van der Waals surface area contributed by atoms with Crippen molar-refractivity contribution in [1.82, 2.24) is 9.88 Å². The zero-order valence-corrected chi connectivity index (χ0v) is 11.6. The molecule has 1 heterocycles. The van der Waals surface area contributed by atoms with Crippen LogP contribution >= 0.6 is 0 Å². The Labute approximate surface area is 116 Å². The number of fused-ring (bicyclic) bond motifs is 1. The van der Waals surface area contributed by atoms with Crippen LogP contribution in [0.2, 0.25) is 0 Å². The molecule has 1 aromatic heterocycles. The van der Waals surface area contributed by atoms with Crippen molar-refractivity contribution in [2.45, 2.75) is 25.8 Å². The van der Waals surface area contributed by atoms with Crippen molar-refractivity contribution in [1.29, 1.82) is 0 Å². The zero-order chi connectivity index (χ0) is 14.1. The summed E-state index contributed by atoms with van der Waals surface area (Å²) in [5, 5.41) is 3.33. The number of hydrogen-bond acceptors (Lipinski definition) is 5. The van der Waals surface area contributed by atoms with E-state index in [-0.39, 0.29) is 0 Å². The van der Waals surface area contributed by atoms with E-state index in [9.17, 15) is 4.79 Å². The van der Waals surface area contributed by atoms with E-state index in [1.165, 1.54) is 12.8 Å². The van der Waals surface area contributed by atoms with E-state index in [1.54, 1.807) is 6.07 Å². The number of aromatic amines is 1. The second kappa shape index (κ2) is 5.20. The largest absolute Gasteiger partial charge is 0.417 e. The minimum atomic E-state index is -0.456. The van der Waals surface area contributed by atoms with Crippen molar-refractivity contribution in [3.63, 3.8) is 0 Å². The quantitative estimate of drug-likeness (QED) is 0.698. The van der Waals surface area contributed by atoms with Crippen molar-refractivity contribution < 1.29 is 4.42 Å². The van der Waals surface area contributed by atoms with E-state index in [0.29, 0.717) is 16.8 Å². The van der Waals surface area contributed by atoms with Crippen molar-refractivity contribution in [3.05, 3.63) is 22.7 Å². The highest BCUT2D eigenvalue weighted by Crippen LogP contribution is 2.27. The van der Waals surface area contributed by atoms with Crippen molar-refractivity contribution in [2.24, 2.45) is 0 Å². The van der Waals surface area contributed by atoms with Crippen LogP contribution in [0.25, 0.3) is 11.1 Å². The van der Waals surface area contributed by atoms with E-state index < -0.39 is 5.76 Å². The fourth-order valence-corrected chi connectivity index (χ4v) is 2.54. The van der Waals surface area contributed by atoms with Crippen LogP contribution in [0, 0.1) is 0 Å². The molecule has 1 aliphatic rings. The number of nitrogens with zero attached hydrogens (tertiary/aromatic N) is 1. The van der Waals surface area contributed by atoms with Crippen molar-refractivity contribution in [2.75, 3.05) is 30.7 Å². The Morgan fingerprint density at radius 1 is 1.50 bits per heavy atom. The SMILES string of the molecule is CCN(CCNc1cc2[nH]c(=O)oc2cc1N)C1CC1. The van der Waals surface area contributed by atoms with Gasteiger partial charge in [0.15, 0.2) is 5.58 Å². The maximum absolute atomic E-state index is 11.1. The molecule has 0 atom stereocenters. The monoisotopic (exact) mass is 276 g/mol. The summed E-state index contributed by atoms with van der Waals surface area (Å²) in [5.41, 5.74) is 8.55. The summed E-state index contributed by atoms with van der Waals surface area (Å²) < 4.78 is 4.98. The van der Waals surface area contributed by atoms with Gasteiger partial charge < -0.3 is 15.5 Å². The molecule has 0 unspecified atom stereocenters. The Morgan fingerprint density at radius 2 is 2.30 bits per heavy atom. The molecule has 0 spiro atoms. The molecule has 20 heavy (non-hydrogen) atoms. The molecule has 1 aliphatic carbocycles. The Balaban J connectivity index is 1.67. The molecule has 108 valence electrons. The predicted octanol–water partition coefficient (Wildman–Crippen LogP) is 1.60. The minimum Gasteiger partial charge on any atom is -0.408 e. The number of benzene rings is 1. The number of nitrogens with two attached hydrogens (primary N) is 1. The Bertz CT molecular complexity index is 657. The second-order valence-electron chi connectivity index (χ2n) is 5.24. The summed E-state index contributed by atoms with van der Waals surface area (Å²) in [7, 11) is 0. The molecule has 2 aromatic rings. The lowest BCUT2D eigenvalue weighted by atomic mass is 10.2. The Morgan fingerprint density at radius 3 is 3.00 bits per heavy atom. The van der Waals surface area contributed by atoms with Crippen LogP contribution in [0.15, 0.2) is 21.3 Å². The molecule has 0 amide bonds. The first-order valence-corrected chi connectivity index (χ1v) is 7.07. The summed E-state index contributed by atoms with van der Waals surface area (Å²) in [4.78, 5) is 16.3. The summed E-state index contributed by atoms with van der Waals surface area (Å²) in [6.45, 7) is 5.10. The van der Waals surface area contributed by atoms with Crippen LogP contribution in [0.1, 0.15) is 19.8 Å². The average molecular weight is 276 g/mol. The molecule has 0 bridgehead atoms. The lowest BCUT2D eigenvalue weighted by Gasteiger charge is -2.20. The number of likely N-dealkylation sites (N-methyl/N-ethyl adjacent to an activating group) is 1. The number of H-pyrrole nitrogens is 1. The Hall–Kier alpha value is -1.95. The number of oxazole rings is 1. The molecular weight excluding hydrogens is 256 g/mol. The lowest BCUT2D eigenvalue weighted by Crippen LogP contribution is -2.31. The van der Waals surface area contributed by atoms with Gasteiger partial charge in [-0.2, -0.15) is 0 Å². The van der Waals surface area contributed by atoms with Gasteiger partial charge in [0.05, 0.1) is 16.9 Å². The van der Waals surface area contributed by atoms with Gasteiger partial charge in [-0.15, -0.1) is 0 Å². The van der Waals surface area contributed by atoms with Gasteiger partial charge in [-0.25, -0.2) is 4.79 Å². The normalized spacial score (nSPS) is 15.1. The number of hydrogen-bond donors (Lipinski definition) is 3. The fourth-order valence-electron chi connectivity index (χ4n) is 2.54. The van der Waals surface area contributed by atoms with Gasteiger partial charge >= 0.3 is 5.76 Å². The van der Waals surface area contributed by atoms with Crippen LogP contribution < -0.4 is 16.8 Å². The zero-order valence-electron chi connectivity index (χ0n) is 11.6. The second-order valence-corrected chi connectivity index (χ2v) is 5.24. The van der Waals surface area contributed by atoms with Crippen LogP contribution in [0.4, 0.5) is 11.4 Å². The molecule has 1 fully saturated rings. The van der Waals surface area contributed by atoms with E-state index >= 15 is 0 Å². The molecular formula is C14H20N4O2. The van der Waals surface area contributed by atoms with Crippen LogP contribution in [-0.4, -0.2) is 35.6 Å². The first-order valence-electron chi connectivity index (χ1n) is 7.07. The van der Waals surface area contributed by atoms with Gasteiger partial charge in [-0.3, -0.25) is 9.88 Å². The third-order valence-electron chi connectivity index (χ3n) is 3.78. The van der Waals surface area contributed by atoms with Gasteiger partial charge in [-0.05, 0) is 25.5 Å². The first kappa shape index (κ1) is 13.1. The summed E-state index contributed by atoms with van der Waals surface area (Å²) >= 11 is 0. The van der Waals surface area contributed by atoms with Gasteiger partial charge in [0.25, 0.3) is 0 Å². The molecule has 0 aliphatic heterocycles. The maximum Gasteiger partial charge on any atom is 0.417 e. The van der Waals surface area contributed by atoms with Crippen LogP contribution in [0.5, 0.6) is 0 Å². The van der Waals surface area contributed by atoms with Crippen molar-refractivity contribution in [3.8, 4) is 0 Å². The number of nitrogen functional groups attached to an aromatic ring is 1. The number of aromatic nitrogens is 1. The Kier molecular flexibility index (Phi) is 3.40. The summed E-state index contributed by atoms with van der Waals surface area (Å²) in [6, 6.07) is 4.27. The lowest BCUT2D eigenvalue weighted by molar-refractivity contribution is 0.289. The van der Waals surface area contributed by atoms with Gasteiger partial charge in [0, 0.05) is 25.2 Å². The van der Waals surface area contributed by atoms with Crippen molar-refractivity contribution >= 4 is 22.5 Å². The molecule has 6 heteroatoms. The maximum atomic E-state index is 11.1. The third-order valence-corrected chi connectivity index (χ3v) is 3.78. The van der Waals surface area contributed by atoms with E-state index in [0.717, 1.165) is 31.4 Å². The van der Waals surface area contributed by atoms with Gasteiger partial charge in [0.2, 0.25) is 0 Å². The van der Waals surface area contributed by atoms with E-state index in [2.05, 4.69) is 22.1 Å². The molecule has 6 nitrogen and oxygen atoms in total. The molecule has 0 saturated heterocycles. The van der Waals surface area contributed by atoms with E-state index in [1.807, 2.05) is 6.07 Å². The smallest absolute Gasteiger partial charge is 0.408 e. The van der Waals surface area contributed by atoms with Crippen LogP contribution in [-0.2, 0) is 0 Å². The topological polar surface area (TPSA) is 87.3 Å². The first-order chi connectivity index (χ1) is 9.67. The summed E-state index contributed by atoms with van der Waals surface area (Å²) in [5.74, 6) is -0.456. The molecule has 1 saturated carbocycles. The molecule has 0 radical (unpaired) electrons. The highest BCUT2D eigenvalue weighted by Gasteiger charge is 2.27. The number of nitrogens with one attached hydrogen (secondary N) is 2. The van der Waals surface area contributed by atoms with Gasteiger partial charge in [0.1, 0.15) is 0 Å². The fraction of sp³-hybridized carbons (Fsp3) is 0.500. The number of anilines is 2. The standard InChI is InChI=1S/C14H20N4O2/c1-2-18(9-3-4-9)6-5-16-11-8-12-13(7-10(11)15)20-14(19)17-12/h7-9,16H,2-6,15H2,1H3,(H,17,19). The highest BCUT2D eigenvalue weighted by molar-refractivity contribution is 5.85. The van der Waals surface area contributed by atoms with Crippen LogP contribution in [0.3, 0.4) is 0 Å². The third kappa shape index (κ3) is 2.65. The minimum absolute atomic E-state index is 0.456. The number of rotatable bonds is 6. The van der Waals surface area contributed by atoms with Gasteiger partial charge in [-0.1, -0.05) is 6.92 Å². The molecule has 4 N–H and O–H groups in total. The average Bonchev–Trinajstić information content (AvgIpc) is 3.18. The summed E-state index contributed by atoms with van der Waals surface area (Å²) in [6.07, 6.45) is 2.64. The predicted molar refractivity (Wildman–Crippen MR) is 80.0 cm³/mol. The van der Waals surface area contributed by atoms with E-state index in [4.69, 9.17) is 10.2 Å². The highest BCUT2D eigenvalue weighted by atomic mass is 16.4.